The molecule has 0 radical (unpaired) electrons. The Bertz CT molecular complexity index is 326. The summed E-state index contributed by atoms with van der Waals surface area (Å²) in [7, 11) is 2.00. The van der Waals surface area contributed by atoms with Crippen LogP contribution < -0.4 is 0 Å². The summed E-state index contributed by atoms with van der Waals surface area (Å²) in [6, 6.07) is 0.623. The van der Waals surface area contributed by atoms with E-state index in [1.165, 1.54) is 32.1 Å². The zero-order chi connectivity index (χ0) is 10.2. The summed E-state index contributed by atoms with van der Waals surface area (Å²) in [5.41, 5.74) is 0. The van der Waals surface area contributed by atoms with E-state index in [9.17, 15) is 4.79 Å². The van der Waals surface area contributed by atoms with Crippen LogP contribution in [0.5, 0.6) is 0 Å². The predicted molar refractivity (Wildman–Crippen MR) is 57.1 cm³/mol. The first kappa shape index (κ1) is 8.60. The Labute approximate surface area is 91.0 Å². The van der Waals surface area contributed by atoms with Gasteiger partial charge >= 0.3 is 0 Å². The van der Waals surface area contributed by atoms with E-state index in [4.69, 9.17) is 0 Å². The van der Waals surface area contributed by atoms with Crippen LogP contribution in [0.15, 0.2) is 0 Å². The van der Waals surface area contributed by atoms with Gasteiger partial charge in [-0.2, -0.15) is 0 Å². The lowest BCUT2D eigenvalue weighted by Gasteiger charge is -2.53. The number of amides is 1. The Morgan fingerprint density at radius 2 is 1.73 bits per heavy atom. The third kappa shape index (κ3) is 0.896. The maximum atomic E-state index is 11.7. The van der Waals surface area contributed by atoms with Gasteiger partial charge in [-0.3, -0.25) is 4.79 Å². The molecule has 82 valence electrons. The van der Waals surface area contributed by atoms with Crippen molar-refractivity contribution in [2.45, 2.75) is 38.1 Å². The van der Waals surface area contributed by atoms with Crippen LogP contribution in [-0.4, -0.2) is 23.9 Å². The lowest BCUT2D eigenvalue weighted by molar-refractivity contribution is -0.161. The molecule has 0 N–H and O–H groups in total. The normalized spacial score (nSPS) is 56.3. The number of rotatable bonds is 0. The first-order chi connectivity index (χ1) is 7.25. The molecular weight excluding hydrogens is 186 g/mol. The van der Waals surface area contributed by atoms with Gasteiger partial charge in [0.2, 0.25) is 5.91 Å². The second-order valence-corrected chi connectivity index (χ2v) is 6.26. The van der Waals surface area contributed by atoms with Crippen LogP contribution in [0.25, 0.3) is 0 Å². The van der Waals surface area contributed by atoms with Crippen molar-refractivity contribution in [3.63, 3.8) is 0 Å². The number of fused-ring (bicyclic) bond motifs is 6. The minimum Gasteiger partial charge on any atom is -0.342 e. The minimum absolute atomic E-state index is 0.426. The fourth-order valence-electron chi connectivity index (χ4n) is 5.19. The van der Waals surface area contributed by atoms with Gasteiger partial charge in [0, 0.05) is 13.1 Å². The number of nitrogens with zero attached hydrogens (tertiary/aromatic N) is 1. The van der Waals surface area contributed by atoms with Crippen molar-refractivity contribution in [3.8, 4) is 0 Å². The molecule has 3 aliphatic carbocycles. The van der Waals surface area contributed by atoms with Gasteiger partial charge in [0.15, 0.2) is 0 Å². The smallest absolute Gasteiger partial charge is 0.227 e. The van der Waals surface area contributed by atoms with Crippen LogP contribution in [0.1, 0.15) is 32.1 Å². The van der Waals surface area contributed by atoms with E-state index in [1.54, 1.807) is 0 Å². The van der Waals surface area contributed by atoms with E-state index in [0.717, 1.165) is 23.7 Å². The predicted octanol–water partition coefficient (Wildman–Crippen LogP) is 1.90. The van der Waals surface area contributed by atoms with E-state index >= 15 is 0 Å². The van der Waals surface area contributed by atoms with Crippen LogP contribution in [0.4, 0.5) is 0 Å². The Kier molecular flexibility index (Phi) is 1.48. The van der Waals surface area contributed by atoms with Crippen molar-refractivity contribution in [1.82, 2.24) is 4.90 Å². The number of likely N-dealkylation sites (tertiary alicyclic amines) is 1. The molecule has 4 fully saturated rings. The standard InChI is InChI=1S/C13H19NO/c1-14-12-6-10-8-3-2-7(4-8)9(10)5-11(12)13(14)15/h7-12H,2-6H2,1H3. The van der Waals surface area contributed by atoms with Gasteiger partial charge in [0.1, 0.15) is 0 Å². The molecule has 4 rings (SSSR count). The van der Waals surface area contributed by atoms with Crippen LogP contribution >= 0.6 is 0 Å². The Balaban J connectivity index is 1.61. The highest BCUT2D eigenvalue weighted by molar-refractivity contribution is 5.86. The molecule has 2 bridgehead atoms. The van der Waals surface area contributed by atoms with Crippen LogP contribution in [0.3, 0.4) is 0 Å². The molecule has 1 amide bonds. The molecule has 0 aromatic carbocycles. The average Bonchev–Trinajstić information content (AvgIpc) is 2.87. The largest absolute Gasteiger partial charge is 0.342 e. The monoisotopic (exact) mass is 205 g/mol. The topological polar surface area (TPSA) is 20.3 Å². The summed E-state index contributed by atoms with van der Waals surface area (Å²) in [4.78, 5) is 13.7. The number of hydrogen-bond donors (Lipinski definition) is 0. The molecule has 6 atom stereocenters. The van der Waals surface area contributed by atoms with Gasteiger partial charge < -0.3 is 4.90 Å². The van der Waals surface area contributed by atoms with Crippen molar-refractivity contribution < 1.29 is 4.79 Å². The Morgan fingerprint density at radius 3 is 2.47 bits per heavy atom. The Hall–Kier alpha value is -0.530. The number of carbonyl (C=O) groups is 1. The lowest BCUT2D eigenvalue weighted by atomic mass is 9.62. The minimum atomic E-state index is 0.426. The van der Waals surface area contributed by atoms with E-state index in [-0.39, 0.29) is 0 Å². The molecule has 1 saturated heterocycles. The van der Waals surface area contributed by atoms with Gasteiger partial charge in [-0.25, -0.2) is 0 Å². The third-order valence-corrected chi connectivity index (χ3v) is 5.94. The third-order valence-electron chi connectivity index (χ3n) is 5.94. The van der Waals surface area contributed by atoms with Crippen LogP contribution in [-0.2, 0) is 4.79 Å². The molecule has 15 heavy (non-hydrogen) atoms. The summed E-state index contributed by atoms with van der Waals surface area (Å²) < 4.78 is 0. The van der Waals surface area contributed by atoms with Gasteiger partial charge in [0.25, 0.3) is 0 Å². The highest BCUT2D eigenvalue weighted by atomic mass is 16.2. The summed E-state index contributed by atoms with van der Waals surface area (Å²) in [5.74, 6) is 4.81. The summed E-state index contributed by atoms with van der Waals surface area (Å²) >= 11 is 0. The lowest BCUT2D eigenvalue weighted by Crippen LogP contribution is -2.62. The molecule has 2 nitrogen and oxygen atoms in total. The average molecular weight is 205 g/mol. The number of carbonyl (C=O) groups excluding carboxylic acids is 1. The second kappa shape index (κ2) is 2.58. The zero-order valence-corrected chi connectivity index (χ0v) is 9.36. The quantitative estimate of drug-likeness (QED) is 0.553. The highest BCUT2D eigenvalue weighted by Crippen LogP contribution is 2.60. The molecule has 2 heteroatoms. The van der Waals surface area contributed by atoms with Crippen molar-refractivity contribution in [1.29, 1.82) is 0 Å². The number of hydrogen-bond acceptors (Lipinski definition) is 1. The van der Waals surface area contributed by atoms with E-state index < -0.39 is 0 Å². The van der Waals surface area contributed by atoms with E-state index in [1.807, 2.05) is 11.9 Å². The van der Waals surface area contributed by atoms with Crippen molar-refractivity contribution in [2.75, 3.05) is 7.05 Å². The molecule has 3 saturated carbocycles. The fourth-order valence-corrected chi connectivity index (χ4v) is 5.19. The molecule has 1 aliphatic heterocycles. The molecule has 0 aromatic rings. The highest BCUT2D eigenvalue weighted by Gasteiger charge is 2.58. The first-order valence-electron chi connectivity index (χ1n) is 6.52. The van der Waals surface area contributed by atoms with Crippen molar-refractivity contribution in [2.24, 2.45) is 29.6 Å². The molecular formula is C13H19NO. The fraction of sp³-hybridized carbons (Fsp3) is 0.923. The van der Waals surface area contributed by atoms with Crippen molar-refractivity contribution in [3.05, 3.63) is 0 Å². The van der Waals surface area contributed by atoms with Gasteiger partial charge in [-0.15, -0.1) is 0 Å². The SMILES string of the molecule is CN1C(=O)C2CC3C4CCC(C4)C3CC21. The molecule has 1 heterocycles. The van der Waals surface area contributed by atoms with Crippen LogP contribution in [0, 0.1) is 29.6 Å². The van der Waals surface area contributed by atoms with Gasteiger partial charge in [-0.1, -0.05) is 0 Å². The summed E-state index contributed by atoms with van der Waals surface area (Å²) in [5, 5.41) is 0. The Morgan fingerprint density at radius 1 is 1.07 bits per heavy atom. The van der Waals surface area contributed by atoms with E-state index in [2.05, 4.69) is 0 Å². The molecule has 0 aromatic heterocycles. The molecule has 4 aliphatic rings. The molecule has 6 unspecified atom stereocenters. The summed E-state index contributed by atoms with van der Waals surface area (Å²) in [6.07, 6.45) is 7.01. The van der Waals surface area contributed by atoms with Crippen molar-refractivity contribution >= 4 is 5.91 Å². The van der Waals surface area contributed by atoms with Gasteiger partial charge in [-0.05, 0) is 55.8 Å². The maximum Gasteiger partial charge on any atom is 0.227 e. The van der Waals surface area contributed by atoms with E-state index in [0.29, 0.717) is 17.9 Å². The summed E-state index contributed by atoms with van der Waals surface area (Å²) in [6.45, 7) is 0. The maximum absolute atomic E-state index is 11.7. The molecule has 0 spiro atoms. The second-order valence-electron chi connectivity index (χ2n) is 6.26. The first-order valence-corrected chi connectivity index (χ1v) is 6.52. The van der Waals surface area contributed by atoms with Gasteiger partial charge in [0.05, 0.1) is 5.92 Å². The zero-order valence-electron chi connectivity index (χ0n) is 9.36. The number of β-lactam (4-membered cyclic amide) rings is 1. The van der Waals surface area contributed by atoms with Crippen LogP contribution in [0.2, 0.25) is 0 Å².